The van der Waals surface area contributed by atoms with Crippen molar-refractivity contribution < 1.29 is 9.18 Å². The Hall–Kier alpha value is -1.48. The first-order chi connectivity index (χ1) is 8.17. The molecule has 1 aliphatic heterocycles. The van der Waals surface area contributed by atoms with Gasteiger partial charge in [-0.15, -0.1) is 0 Å². The highest BCUT2D eigenvalue weighted by Crippen LogP contribution is 2.41. The number of fused-ring (bicyclic) bond motifs is 1. The maximum absolute atomic E-state index is 14.3. The van der Waals surface area contributed by atoms with Gasteiger partial charge in [0.2, 0.25) is 0 Å². The summed E-state index contributed by atoms with van der Waals surface area (Å²) >= 11 is 0. The third kappa shape index (κ3) is 1.80. The third-order valence-corrected chi connectivity index (χ3v) is 3.62. The normalized spacial score (nSPS) is 32.2. The fraction of sp³-hybridized carbons (Fsp3) is 0.357. The lowest BCUT2D eigenvalue weighted by atomic mass is 9.86. The van der Waals surface area contributed by atoms with Gasteiger partial charge in [0.05, 0.1) is 0 Å². The molecular weight excluding hydrogens is 217 g/mol. The molecule has 0 saturated carbocycles. The van der Waals surface area contributed by atoms with Crippen molar-refractivity contribution in [1.82, 2.24) is 5.32 Å². The van der Waals surface area contributed by atoms with Gasteiger partial charge in [-0.05, 0) is 23.6 Å². The van der Waals surface area contributed by atoms with E-state index < -0.39 is 5.67 Å². The number of alkyl halides is 1. The van der Waals surface area contributed by atoms with E-state index in [0.717, 1.165) is 5.56 Å². The molecule has 17 heavy (non-hydrogen) atoms. The molecule has 2 nitrogen and oxygen atoms in total. The van der Waals surface area contributed by atoms with Gasteiger partial charge in [0, 0.05) is 19.0 Å². The average Bonchev–Trinajstić information content (AvgIpc) is 2.63. The van der Waals surface area contributed by atoms with Gasteiger partial charge < -0.3 is 5.32 Å². The molecule has 3 heteroatoms. The summed E-state index contributed by atoms with van der Waals surface area (Å²) in [5.74, 6) is -0.0852. The maximum Gasteiger partial charge on any atom is 0.159 e. The van der Waals surface area contributed by atoms with Gasteiger partial charge >= 0.3 is 0 Å². The fourth-order valence-electron chi connectivity index (χ4n) is 2.68. The molecule has 2 aliphatic rings. The van der Waals surface area contributed by atoms with Crippen LogP contribution in [-0.2, 0) is 4.79 Å². The van der Waals surface area contributed by atoms with Crippen molar-refractivity contribution in [3.8, 4) is 0 Å². The van der Waals surface area contributed by atoms with Crippen LogP contribution in [0.4, 0.5) is 4.39 Å². The van der Waals surface area contributed by atoms with Crippen LogP contribution in [0.15, 0.2) is 42.0 Å². The van der Waals surface area contributed by atoms with Gasteiger partial charge in [-0.1, -0.05) is 30.3 Å². The van der Waals surface area contributed by atoms with E-state index in [-0.39, 0.29) is 24.8 Å². The molecule has 0 radical (unpaired) electrons. The Morgan fingerprint density at radius 3 is 2.82 bits per heavy atom. The smallest absolute Gasteiger partial charge is 0.159 e. The van der Waals surface area contributed by atoms with E-state index in [9.17, 15) is 9.18 Å². The highest BCUT2D eigenvalue weighted by molar-refractivity contribution is 5.95. The zero-order valence-corrected chi connectivity index (χ0v) is 9.45. The monoisotopic (exact) mass is 231 g/mol. The van der Waals surface area contributed by atoms with Gasteiger partial charge in [0.15, 0.2) is 11.5 Å². The van der Waals surface area contributed by atoms with Crippen molar-refractivity contribution in [3.05, 3.63) is 47.5 Å². The highest BCUT2D eigenvalue weighted by atomic mass is 19.1. The molecule has 1 heterocycles. The summed E-state index contributed by atoms with van der Waals surface area (Å²) in [6.07, 6.45) is 2.10. The maximum atomic E-state index is 14.3. The quantitative estimate of drug-likeness (QED) is 0.803. The largest absolute Gasteiger partial charge is 0.306 e. The number of ketones is 1. The first-order valence-corrected chi connectivity index (χ1v) is 5.88. The Balaban J connectivity index is 1.85. The van der Waals surface area contributed by atoms with Crippen molar-refractivity contribution in [1.29, 1.82) is 0 Å². The lowest BCUT2D eigenvalue weighted by molar-refractivity contribution is -0.115. The van der Waals surface area contributed by atoms with Gasteiger partial charge in [-0.25, -0.2) is 4.39 Å². The predicted molar refractivity (Wildman–Crippen MR) is 63.3 cm³/mol. The summed E-state index contributed by atoms with van der Waals surface area (Å²) in [7, 11) is 0. The molecule has 0 unspecified atom stereocenters. The molecule has 88 valence electrons. The second-order valence-corrected chi connectivity index (χ2v) is 4.83. The number of piperidine rings is 1. The molecule has 1 saturated heterocycles. The average molecular weight is 231 g/mol. The molecule has 2 atom stereocenters. The zero-order chi connectivity index (χ0) is 11.9. The van der Waals surface area contributed by atoms with Crippen molar-refractivity contribution in [2.75, 3.05) is 6.54 Å². The number of carbonyl (C=O) groups is 1. The summed E-state index contributed by atoms with van der Waals surface area (Å²) in [6, 6.07) is 10.1. The lowest BCUT2D eigenvalue weighted by Crippen LogP contribution is -2.44. The number of carbonyl (C=O) groups excluding carboxylic acids is 1. The number of hydrogen-bond donors (Lipinski definition) is 1. The van der Waals surface area contributed by atoms with Crippen molar-refractivity contribution in [2.24, 2.45) is 0 Å². The van der Waals surface area contributed by atoms with Gasteiger partial charge in [0.25, 0.3) is 0 Å². The van der Waals surface area contributed by atoms with Gasteiger partial charge in [0.1, 0.15) is 0 Å². The Labute approximate surface area is 99.5 Å². The molecule has 0 aromatic heterocycles. The number of nitrogens with one attached hydrogen (secondary N) is 1. The van der Waals surface area contributed by atoms with Crippen LogP contribution in [-0.4, -0.2) is 18.0 Å². The van der Waals surface area contributed by atoms with E-state index in [1.807, 2.05) is 30.3 Å². The number of rotatable bonds is 1. The Morgan fingerprint density at radius 1 is 1.29 bits per heavy atom. The Bertz CT molecular complexity index is 482. The summed E-state index contributed by atoms with van der Waals surface area (Å²) in [5.41, 5.74) is 0.382. The zero-order valence-electron chi connectivity index (χ0n) is 9.45. The van der Waals surface area contributed by atoms with Crippen LogP contribution < -0.4 is 5.32 Å². The highest BCUT2D eigenvalue weighted by Gasteiger charge is 2.45. The van der Waals surface area contributed by atoms with E-state index in [4.69, 9.17) is 0 Å². The standard InChI is InChI=1S/C14H14FNO/c15-14-8-12(17)6-11(14)7-13(16-9-14)10-4-2-1-3-5-10/h1-6,13,16H,7-9H2/t13-,14-/m0/s1. The molecule has 1 aromatic rings. The van der Waals surface area contributed by atoms with E-state index in [1.54, 1.807) is 0 Å². The third-order valence-electron chi connectivity index (χ3n) is 3.62. The summed E-state index contributed by atoms with van der Waals surface area (Å²) < 4.78 is 14.3. The van der Waals surface area contributed by atoms with Crippen molar-refractivity contribution >= 4 is 5.78 Å². The minimum atomic E-state index is -1.43. The van der Waals surface area contributed by atoms with Crippen molar-refractivity contribution in [2.45, 2.75) is 24.6 Å². The van der Waals surface area contributed by atoms with Gasteiger partial charge in [-0.3, -0.25) is 4.79 Å². The molecule has 1 aromatic carbocycles. The Kier molecular flexibility index (Phi) is 2.37. The number of halogens is 1. The van der Waals surface area contributed by atoms with Crippen LogP contribution in [0, 0.1) is 0 Å². The second-order valence-electron chi connectivity index (χ2n) is 4.83. The minimum absolute atomic E-state index is 0.0108. The SMILES string of the molecule is O=C1C=C2C[C@@H](c3ccccc3)NC[C@@]2(F)C1. The first-order valence-electron chi connectivity index (χ1n) is 5.88. The molecule has 1 fully saturated rings. The van der Waals surface area contributed by atoms with E-state index >= 15 is 0 Å². The fourth-order valence-corrected chi connectivity index (χ4v) is 2.68. The van der Waals surface area contributed by atoms with Crippen LogP contribution in [0.25, 0.3) is 0 Å². The van der Waals surface area contributed by atoms with Crippen LogP contribution in [0.3, 0.4) is 0 Å². The number of hydrogen-bond acceptors (Lipinski definition) is 2. The van der Waals surface area contributed by atoms with Crippen LogP contribution in [0.5, 0.6) is 0 Å². The van der Waals surface area contributed by atoms with Crippen molar-refractivity contribution in [3.63, 3.8) is 0 Å². The van der Waals surface area contributed by atoms with E-state index in [2.05, 4.69) is 5.32 Å². The summed E-state index contributed by atoms with van der Waals surface area (Å²) in [5, 5.41) is 3.20. The predicted octanol–water partition coefficient (Wildman–Crippen LogP) is 2.33. The molecular formula is C14H14FNO. The second kappa shape index (κ2) is 3.77. The molecule has 1 aliphatic carbocycles. The summed E-state index contributed by atoms with van der Waals surface area (Å²) in [6.45, 7) is 0.240. The van der Waals surface area contributed by atoms with E-state index in [1.165, 1.54) is 6.08 Å². The molecule has 3 rings (SSSR count). The minimum Gasteiger partial charge on any atom is -0.306 e. The Morgan fingerprint density at radius 2 is 2.06 bits per heavy atom. The molecule has 1 N–H and O–H groups in total. The number of benzene rings is 1. The topological polar surface area (TPSA) is 29.1 Å². The number of allylic oxidation sites excluding steroid dienone is 1. The summed E-state index contributed by atoms with van der Waals surface area (Å²) in [4.78, 5) is 11.3. The van der Waals surface area contributed by atoms with Crippen LogP contribution in [0.1, 0.15) is 24.4 Å². The molecule has 0 amide bonds. The van der Waals surface area contributed by atoms with Gasteiger partial charge in [-0.2, -0.15) is 0 Å². The lowest BCUT2D eigenvalue weighted by Gasteiger charge is -2.34. The van der Waals surface area contributed by atoms with E-state index in [0.29, 0.717) is 12.0 Å². The molecule has 0 bridgehead atoms. The van der Waals surface area contributed by atoms with Crippen LogP contribution in [0.2, 0.25) is 0 Å². The molecule has 0 spiro atoms. The first kappa shape index (κ1) is 10.7. The van der Waals surface area contributed by atoms with Crippen LogP contribution >= 0.6 is 0 Å².